The predicted octanol–water partition coefficient (Wildman–Crippen LogP) is 3.28. The van der Waals surface area contributed by atoms with Crippen molar-refractivity contribution in [2.24, 2.45) is 0 Å². The van der Waals surface area contributed by atoms with E-state index in [1.807, 2.05) is 16.9 Å². The first kappa shape index (κ1) is 16.2. The van der Waals surface area contributed by atoms with E-state index in [1.165, 1.54) is 19.3 Å². The van der Waals surface area contributed by atoms with Crippen molar-refractivity contribution in [1.82, 2.24) is 15.1 Å². The Morgan fingerprint density at radius 2 is 2.24 bits per heavy atom. The maximum Gasteiger partial charge on any atom is 0.138 e. The number of carbonyl (C=O) groups excluding carboxylic acids is 1. The third-order valence-corrected chi connectivity index (χ3v) is 4.54. The van der Waals surface area contributed by atoms with Gasteiger partial charge in [0.05, 0.1) is 18.2 Å². The van der Waals surface area contributed by atoms with Gasteiger partial charge in [-0.2, -0.15) is 5.10 Å². The lowest BCUT2D eigenvalue weighted by Crippen LogP contribution is -2.34. The van der Waals surface area contributed by atoms with Crippen LogP contribution >= 0.6 is 0 Å². The van der Waals surface area contributed by atoms with E-state index >= 15 is 0 Å². The van der Waals surface area contributed by atoms with Gasteiger partial charge in [0.15, 0.2) is 0 Å². The van der Waals surface area contributed by atoms with Gasteiger partial charge in [-0.3, -0.25) is 9.48 Å². The molecule has 0 amide bonds. The molecular formula is C17H29N3O. The van der Waals surface area contributed by atoms with E-state index < -0.39 is 0 Å². The molecule has 4 heteroatoms. The van der Waals surface area contributed by atoms with Crippen LogP contribution in [-0.2, 0) is 11.2 Å². The summed E-state index contributed by atoms with van der Waals surface area (Å²) in [6.07, 6.45) is 10.1. The molecule has 1 aromatic rings. The third-order valence-electron chi connectivity index (χ3n) is 4.54. The van der Waals surface area contributed by atoms with Gasteiger partial charge in [0, 0.05) is 18.7 Å². The molecule has 2 rings (SSSR count). The van der Waals surface area contributed by atoms with Crippen LogP contribution in [0, 0.1) is 0 Å². The van der Waals surface area contributed by atoms with Crippen LogP contribution in [0.1, 0.15) is 70.5 Å². The summed E-state index contributed by atoms with van der Waals surface area (Å²) in [6, 6.07) is 3.00. The van der Waals surface area contributed by atoms with Gasteiger partial charge < -0.3 is 5.32 Å². The van der Waals surface area contributed by atoms with E-state index in [1.54, 1.807) is 0 Å². The molecular weight excluding hydrogens is 262 g/mol. The summed E-state index contributed by atoms with van der Waals surface area (Å²) >= 11 is 0. The third kappa shape index (κ3) is 4.95. The molecule has 0 aromatic carbocycles. The number of hydrogen-bond acceptors (Lipinski definition) is 3. The molecule has 1 aliphatic rings. The number of piperidine rings is 1. The molecule has 1 aliphatic heterocycles. The van der Waals surface area contributed by atoms with Crippen molar-refractivity contribution in [2.75, 3.05) is 6.54 Å². The lowest BCUT2D eigenvalue weighted by atomic mass is 9.98. The Bertz CT molecular complexity index is 431. The molecule has 0 saturated carbocycles. The molecule has 21 heavy (non-hydrogen) atoms. The molecule has 2 heterocycles. The standard InChI is InChI=1S/C17H29N3O/c1-3-16(4-2)20-12-10-15(19-20)13-17(21)9-8-14-7-5-6-11-18-14/h10,12,14,16,18H,3-9,11,13H2,1-2H3. The van der Waals surface area contributed by atoms with Crippen LogP contribution in [0.3, 0.4) is 0 Å². The Kier molecular flexibility index (Phi) is 6.43. The second kappa shape index (κ2) is 8.32. The number of rotatable bonds is 8. The first-order valence-electron chi connectivity index (χ1n) is 8.52. The molecule has 1 fully saturated rings. The van der Waals surface area contributed by atoms with Crippen molar-refractivity contribution >= 4 is 5.78 Å². The smallest absolute Gasteiger partial charge is 0.138 e. The summed E-state index contributed by atoms with van der Waals surface area (Å²) in [5.74, 6) is 0.317. The van der Waals surface area contributed by atoms with E-state index in [9.17, 15) is 4.79 Å². The average Bonchev–Trinajstić information content (AvgIpc) is 2.96. The summed E-state index contributed by atoms with van der Waals surface area (Å²) in [5, 5.41) is 8.07. The number of ketones is 1. The number of aromatic nitrogens is 2. The molecule has 1 atom stereocenters. The van der Waals surface area contributed by atoms with Crippen molar-refractivity contribution in [1.29, 1.82) is 0 Å². The summed E-state index contributed by atoms with van der Waals surface area (Å²) in [4.78, 5) is 12.1. The molecule has 1 N–H and O–H groups in total. The highest BCUT2D eigenvalue weighted by atomic mass is 16.1. The number of nitrogens with zero attached hydrogens (tertiary/aromatic N) is 2. The summed E-state index contributed by atoms with van der Waals surface area (Å²) < 4.78 is 2.02. The van der Waals surface area contributed by atoms with Gasteiger partial charge in [-0.05, 0) is 44.7 Å². The normalized spacial score (nSPS) is 19.1. The van der Waals surface area contributed by atoms with Gasteiger partial charge in [-0.15, -0.1) is 0 Å². The van der Waals surface area contributed by atoms with E-state index in [-0.39, 0.29) is 0 Å². The molecule has 4 nitrogen and oxygen atoms in total. The first-order chi connectivity index (χ1) is 10.2. The molecule has 1 aromatic heterocycles. The van der Waals surface area contributed by atoms with Crippen LogP contribution in [0.4, 0.5) is 0 Å². The quantitative estimate of drug-likeness (QED) is 0.799. The van der Waals surface area contributed by atoms with Gasteiger partial charge in [-0.25, -0.2) is 0 Å². The molecule has 0 bridgehead atoms. The fourth-order valence-corrected chi connectivity index (χ4v) is 3.13. The zero-order valence-electron chi connectivity index (χ0n) is 13.5. The second-order valence-electron chi connectivity index (χ2n) is 6.16. The fourth-order valence-electron chi connectivity index (χ4n) is 3.13. The maximum absolute atomic E-state index is 12.1. The minimum atomic E-state index is 0.317. The van der Waals surface area contributed by atoms with Gasteiger partial charge in [0.25, 0.3) is 0 Å². The van der Waals surface area contributed by atoms with Gasteiger partial charge in [0.2, 0.25) is 0 Å². The lowest BCUT2D eigenvalue weighted by molar-refractivity contribution is -0.118. The zero-order valence-corrected chi connectivity index (χ0v) is 13.5. The predicted molar refractivity (Wildman–Crippen MR) is 85.4 cm³/mol. The fraction of sp³-hybridized carbons (Fsp3) is 0.765. The van der Waals surface area contributed by atoms with Crippen LogP contribution in [0.25, 0.3) is 0 Å². The van der Waals surface area contributed by atoms with E-state index in [4.69, 9.17) is 0 Å². The highest BCUT2D eigenvalue weighted by Gasteiger charge is 2.15. The highest BCUT2D eigenvalue weighted by molar-refractivity contribution is 5.80. The molecule has 1 saturated heterocycles. The van der Waals surface area contributed by atoms with Crippen LogP contribution in [0.2, 0.25) is 0 Å². The topological polar surface area (TPSA) is 46.9 Å². The van der Waals surface area contributed by atoms with Crippen LogP contribution in [0.15, 0.2) is 12.3 Å². The minimum Gasteiger partial charge on any atom is -0.314 e. The average molecular weight is 291 g/mol. The Hall–Kier alpha value is -1.16. The largest absolute Gasteiger partial charge is 0.314 e. The van der Waals surface area contributed by atoms with Crippen molar-refractivity contribution in [3.05, 3.63) is 18.0 Å². The summed E-state index contributed by atoms with van der Waals surface area (Å²) in [6.45, 7) is 5.47. The number of hydrogen-bond donors (Lipinski definition) is 1. The van der Waals surface area contributed by atoms with E-state index in [0.29, 0.717) is 30.7 Å². The Morgan fingerprint density at radius 3 is 2.90 bits per heavy atom. The summed E-state index contributed by atoms with van der Waals surface area (Å²) in [5.41, 5.74) is 0.920. The van der Waals surface area contributed by atoms with Gasteiger partial charge in [0.1, 0.15) is 5.78 Å². The second-order valence-corrected chi connectivity index (χ2v) is 6.16. The number of carbonyl (C=O) groups is 1. The molecule has 0 radical (unpaired) electrons. The molecule has 0 spiro atoms. The van der Waals surface area contributed by atoms with Crippen molar-refractivity contribution in [2.45, 2.75) is 77.3 Å². The maximum atomic E-state index is 12.1. The lowest BCUT2D eigenvalue weighted by Gasteiger charge is -2.22. The molecule has 118 valence electrons. The zero-order chi connectivity index (χ0) is 15.1. The minimum absolute atomic E-state index is 0.317. The molecule has 1 unspecified atom stereocenters. The van der Waals surface area contributed by atoms with Crippen LogP contribution < -0.4 is 5.32 Å². The highest BCUT2D eigenvalue weighted by Crippen LogP contribution is 2.16. The van der Waals surface area contributed by atoms with E-state index in [2.05, 4.69) is 24.3 Å². The van der Waals surface area contributed by atoms with Crippen molar-refractivity contribution < 1.29 is 4.79 Å². The van der Waals surface area contributed by atoms with Crippen molar-refractivity contribution in [3.8, 4) is 0 Å². The number of nitrogens with one attached hydrogen (secondary N) is 1. The summed E-state index contributed by atoms with van der Waals surface area (Å²) in [7, 11) is 0. The Labute approximate surface area is 128 Å². The molecule has 0 aliphatic carbocycles. The van der Waals surface area contributed by atoms with Crippen molar-refractivity contribution in [3.63, 3.8) is 0 Å². The monoisotopic (exact) mass is 291 g/mol. The number of Topliss-reactive ketones (excluding diaryl/α,β-unsaturated/α-hetero) is 1. The van der Waals surface area contributed by atoms with Gasteiger partial charge in [-0.1, -0.05) is 20.3 Å². The van der Waals surface area contributed by atoms with Crippen LogP contribution in [-0.4, -0.2) is 28.2 Å². The first-order valence-corrected chi connectivity index (χ1v) is 8.52. The van der Waals surface area contributed by atoms with Gasteiger partial charge >= 0.3 is 0 Å². The SMILES string of the molecule is CCC(CC)n1ccc(CC(=O)CCC2CCCCN2)n1. The Balaban J connectivity index is 1.77. The Morgan fingerprint density at radius 1 is 1.43 bits per heavy atom. The van der Waals surface area contributed by atoms with E-state index in [0.717, 1.165) is 31.5 Å². The van der Waals surface area contributed by atoms with Crippen LogP contribution in [0.5, 0.6) is 0 Å².